The molecule has 71 heavy (non-hydrogen) atoms. The number of esters is 1. The number of unbranched alkanes of at least 4 members (excludes halogenated alkanes) is 2. The number of hydrogen-bond donors (Lipinski definition) is 1. The molecule has 2 fully saturated rings. The van der Waals surface area contributed by atoms with Crippen molar-refractivity contribution in [3.63, 3.8) is 0 Å². The molecule has 0 aliphatic heterocycles. The summed E-state index contributed by atoms with van der Waals surface area (Å²) < 4.78 is 34.1. The maximum absolute atomic E-state index is 10.2. The second-order valence-corrected chi connectivity index (χ2v) is 18.2. The highest BCUT2D eigenvalue weighted by molar-refractivity contribution is 7.18. The van der Waals surface area contributed by atoms with Crippen molar-refractivity contribution in [3.8, 4) is 11.5 Å². The van der Waals surface area contributed by atoms with Crippen LogP contribution in [-0.4, -0.2) is 69.7 Å². The Labute approximate surface area is 432 Å². The Kier molecular flexibility index (Phi) is 38.0. The molecule has 2 aliphatic rings. The van der Waals surface area contributed by atoms with Gasteiger partial charge in [-0.1, -0.05) is 123 Å². The third-order valence-corrected chi connectivity index (χ3v) is 12.6. The van der Waals surface area contributed by atoms with E-state index < -0.39 is 5.97 Å². The molecular formula is C60H88N2O8S. The SMILES string of the molecule is C1CCC1.C=CC.C=CC(=O)OCCC=O.C=COCCCCOCC(COc1ccc(C(=C)Oc2ccc(C3CCC(CCC)CC3)cc2C=N)cc1)OC.CCCC.CCc1nc2ccccc2s1. The predicted octanol–water partition coefficient (Wildman–Crippen LogP) is 15.9. The third kappa shape index (κ3) is 28.9. The minimum Gasteiger partial charge on any atom is -0.502 e. The number of ether oxygens (including phenoxy) is 6. The number of benzene rings is 3. The summed E-state index contributed by atoms with van der Waals surface area (Å²) in [5.74, 6) is 2.88. The Morgan fingerprint density at radius 3 is 2.07 bits per heavy atom. The van der Waals surface area contributed by atoms with Gasteiger partial charge in [-0.25, -0.2) is 9.78 Å². The number of aromatic nitrogens is 1. The number of aryl methyl sites for hydroxylation is 1. The normalized spacial score (nSPS) is 14.5. The van der Waals surface area contributed by atoms with Gasteiger partial charge in [0.05, 0.1) is 41.3 Å². The van der Waals surface area contributed by atoms with Gasteiger partial charge < -0.3 is 38.6 Å². The van der Waals surface area contributed by atoms with E-state index in [-0.39, 0.29) is 19.1 Å². The first-order valence-electron chi connectivity index (χ1n) is 25.8. The van der Waals surface area contributed by atoms with Crippen molar-refractivity contribution in [2.24, 2.45) is 5.92 Å². The smallest absolute Gasteiger partial charge is 0.330 e. The Morgan fingerprint density at radius 2 is 1.52 bits per heavy atom. The van der Waals surface area contributed by atoms with Crippen LogP contribution in [0.25, 0.3) is 16.0 Å². The Morgan fingerprint density at radius 1 is 0.859 bits per heavy atom. The highest BCUT2D eigenvalue weighted by Crippen LogP contribution is 2.39. The highest BCUT2D eigenvalue weighted by Gasteiger charge is 2.22. The van der Waals surface area contributed by atoms with E-state index >= 15 is 0 Å². The number of hydrogen-bond acceptors (Lipinski definition) is 11. The number of fused-ring (bicyclic) bond motifs is 1. The van der Waals surface area contributed by atoms with Crippen LogP contribution in [0.3, 0.4) is 0 Å². The zero-order valence-electron chi connectivity index (χ0n) is 44.3. The van der Waals surface area contributed by atoms with Crippen LogP contribution >= 0.6 is 11.3 Å². The summed E-state index contributed by atoms with van der Waals surface area (Å²) in [6.45, 7) is 27.2. The Bertz CT molecular complexity index is 2000. The van der Waals surface area contributed by atoms with Gasteiger partial charge in [-0.3, -0.25) is 0 Å². The summed E-state index contributed by atoms with van der Waals surface area (Å²) in [5.41, 5.74) is 4.08. The lowest BCUT2D eigenvalue weighted by atomic mass is 9.77. The second-order valence-electron chi connectivity index (χ2n) is 17.1. The zero-order valence-corrected chi connectivity index (χ0v) is 45.1. The van der Waals surface area contributed by atoms with Crippen LogP contribution in [0.1, 0.15) is 159 Å². The molecule has 10 nitrogen and oxygen atoms in total. The van der Waals surface area contributed by atoms with Gasteiger partial charge in [0.25, 0.3) is 0 Å². The Hall–Kier alpha value is -5.36. The summed E-state index contributed by atoms with van der Waals surface area (Å²) in [7, 11) is 1.66. The molecule has 0 saturated heterocycles. The molecule has 0 amide bonds. The van der Waals surface area contributed by atoms with Crippen LogP contribution in [0.5, 0.6) is 11.5 Å². The van der Waals surface area contributed by atoms with E-state index in [0.29, 0.717) is 50.1 Å². The first-order valence-corrected chi connectivity index (χ1v) is 26.6. The fourth-order valence-electron chi connectivity index (χ4n) is 6.80. The lowest BCUT2D eigenvalue weighted by Gasteiger charge is -2.29. The topological polar surface area (TPSA) is 126 Å². The molecule has 392 valence electrons. The number of nitrogens with zero attached hydrogens (tertiary/aromatic N) is 1. The number of carbonyl (C=O) groups is 2. The molecule has 2 aliphatic carbocycles. The Balaban J connectivity index is 0.000000645. The lowest BCUT2D eigenvalue weighted by molar-refractivity contribution is -0.138. The number of carbonyl (C=O) groups excluding carboxylic acids is 2. The maximum atomic E-state index is 10.2. The standard InChI is InChI=1S/C34H47NO5.C9H9NS.C6H8O3.C4H8.C4H10.C3H6/c1-5-9-27-10-12-29(13-11-27)30-16-19-34(31(22-30)23-35)40-26(3)28-14-17-32(18-15-28)39-25-33(36-4)24-38-21-8-7-20-37-6-2;1-2-9-10-7-5-3-4-6-8(7)11-9;1-2-6(8)9-5-3-4-7;1-2-4-3-1;1-3-4-2;1-3-2/h6,14-19,22-23,27,29,33,35H,2-3,5,7-13,20-21,24-25H2,1,4H3;3-6H,2H2,1H3;2,4H,1,3,5H2;1-4H2;3-4H2,1-2H3;3H,1H2,2H3. The van der Waals surface area contributed by atoms with E-state index in [0.717, 1.165) is 53.6 Å². The first-order chi connectivity index (χ1) is 34.6. The minimum absolute atomic E-state index is 0.147. The van der Waals surface area contributed by atoms with Gasteiger partial charge in [-0.05, 0) is 118 Å². The lowest BCUT2D eigenvalue weighted by Crippen LogP contribution is -2.26. The van der Waals surface area contributed by atoms with E-state index in [4.69, 9.17) is 29.1 Å². The van der Waals surface area contributed by atoms with Crippen molar-refractivity contribution in [1.29, 1.82) is 5.41 Å². The molecule has 1 atom stereocenters. The molecule has 1 N–H and O–H groups in total. The molecule has 6 rings (SSSR count). The van der Waals surface area contributed by atoms with Crippen LogP contribution < -0.4 is 9.47 Å². The summed E-state index contributed by atoms with van der Waals surface area (Å²) in [6, 6.07) is 22.2. The molecule has 2 saturated carbocycles. The van der Waals surface area contributed by atoms with E-state index in [9.17, 15) is 9.59 Å². The molecule has 0 spiro atoms. The van der Waals surface area contributed by atoms with Gasteiger partial charge in [-0.15, -0.1) is 17.9 Å². The second kappa shape index (κ2) is 42.3. The van der Waals surface area contributed by atoms with Crippen LogP contribution in [0, 0.1) is 11.3 Å². The van der Waals surface area contributed by atoms with Gasteiger partial charge >= 0.3 is 5.97 Å². The number of allylic oxidation sites excluding steroid dienone is 1. The fourth-order valence-corrected chi connectivity index (χ4v) is 7.70. The fraction of sp³-hybridized carbons (Fsp3) is 0.500. The zero-order chi connectivity index (χ0) is 52.3. The number of para-hydroxylation sites is 1. The van der Waals surface area contributed by atoms with Gasteiger partial charge in [0.2, 0.25) is 0 Å². The maximum Gasteiger partial charge on any atom is 0.330 e. The first kappa shape index (κ1) is 63.7. The molecule has 3 aromatic carbocycles. The monoisotopic (exact) mass is 997 g/mol. The predicted molar refractivity (Wildman–Crippen MR) is 298 cm³/mol. The van der Waals surface area contributed by atoms with E-state index in [2.05, 4.69) is 94.1 Å². The summed E-state index contributed by atoms with van der Waals surface area (Å²) in [6.07, 6.45) is 25.6. The van der Waals surface area contributed by atoms with Crippen molar-refractivity contribution in [2.75, 3.05) is 40.1 Å². The van der Waals surface area contributed by atoms with Crippen molar-refractivity contribution in [1.82, 2.24) is 4.98 Å². The molecular weight excluding hydrogens is 909 g/mol. The number of nitrogens with one attached hydrogen (secondary N) is 1. The summed E-state index contributed by atoms with van der Waals surface area (Å²) in [5, 5.41) is 9.19. The number of methoxy groups -OCH3 is 1. The van der Waals surface area contributed by atoms with Crippen LogP contribution in [0.15, 0.2) is 111 Å². The van der Waals surface area contributed by atoms with Gasteiger partial charge in [0.1, 0.15) is 36.3 Å². The third-order valence-electron chi connectivity index (χ3n) is 11.4. The van der Waals surface area contributed by atoms with Crippen molar-refractivity contribution < 1.29 is 38.0 Å². The summed E-state index contributed by atoms with van der Waals surface area (Å²) >= 11 is 1.79. The molecule has 1 heterocycles. The molecule has 1 aromatic heterocycles. The molecule has 1 unspecified atom stereocenters. The van der Waals surface area contributed by atoms with Gasteiger partial charge in [0.15, 0.2) is 0 Å². The van der Waals surface area contributed by atoms with Crippen molar-refractivity contribution >= 4 is 45.8 Å². The largest absolute Gasteiger partial charge is 0.502 e. The van der Waals surface area contributed by atoms with Crippen molar-refractivity contribution in [2.45, 2.75) is 149 Å². The van der Waals surface area contributed by atoms with Crippen molar-refractivity contribution in [3.05, 3.63) is 133 Å². The van der Waals surface area contributed by atoms with E-state index in [1.165, 1.54) is 105 Å². The van der Waals surface area contributed by atoms with Gasteiger partial charge in [-0.2, -0.15) is 0 Å². The van der Waals surface area contributed by atoms with E-state index in [1.54, 1.807) is 24.5 Å². The number of thiazole rings is 1. The molecule has 0 bridgehead atoms. The average molecular weight is 997 g/mol. The van der Waals surface area contributed by atoms with Crippen LogP contribution in [-0.2, 0) is 35.0 Å². The van der Waals surface area contributed by atoms with Gasteiger partial charge in [0, 0.05) is 43.6 Å². The highest BCUT2D eigenvalue weighted by atomic mass is 32.1. The van der Waals surface area contributed by atoms with E-state index in [1.807, 2.05) is 43.3 Å². The minimum atomic E-state index is -0.489. The molecule has 4 aromatic rings. The quantitative estimate of drug-likeness (QED) is 0.0131. The van der Waals surface area contributed by atoms with Crippen LogP contribution in [0.4, 0.5) is 0 Å². The number of rotatable bonds is 25. The summed E-state index contributed by atoms with van der Waals surface area (Å²) in [4.78, 5) is 24.3. The molecule has 0 radical (unpaired) electrons. The average Bonchev–Trinajstić information content (AvgIpc) is 3.82. The number of aldehydes is 1. The van der Waals surface area contributed by atoms with Crippen LogP contribution in [0.2, 0.25) is 0 Å². The molecule has 11 heteroatoms.